The Morgan fingerprint density at radius 1 is 1.04 bits per heavy atom. The molecule has 0 saturated carbocycles. The Morgan fingerprint density at radius 3 is 2.44 bits per heavy atom. The van der Waals surface area contributed by atoms with Crippen LogP contribution in [0.15, 0.2) is 42.5 Å². The highest BCUT2D eigenvalue weighted by Crippen LogP contribution is 2.37. The van der Waals surface area contributed by atoms with E-state index in [4.69, 9.17) is 21.1 Å². The zero-order valence-corrected chi connectivity index (χ0v) is 16.7. The second-order valence-electron chi connectivity index (χ2n) is 5.85. The second-order valence-corrected chi connectivity index (χ2v) is 7.41. The van der Waals surface area contributed by atoms with Gasteiger partial charge in [0.1, 0.15) is 0 Å². The summed E-state index contributed by atoms with van der Waals surface area (Å²) in [6, 6.07) is 12.4. The van der Waals surface area contributed by atoms with E-state index >= 15 is 0 Å². The Morgan fingerprint density at radius 2 is 1.74 bits per heavy atom. The van der Waals surface area contributed by atoms with E-state index in [1.54, 1.807) is 24.3 Å². The minimum absolute atomic E-state index is 0.259. The molecule has 0 spiro atoms. The fourth-order valence-corrected chi connectivity index (χ4v) is 4.11. The van der Waals surface area contributed by atoms with Crippen LogP contribution >= 0.6 is 23.4 Å². The quantitative estimate of drug-likeness (QED) is 0.652. The van der Waals surface area contributed by atoms with Gasteiger partial charge in [0.05, 0.1) is 29.2 Å². The largest absolute Gasteiger partial charge is 0.490 e. The molecule has 2 aromatic carbocycles. The predicted octanol–water partition coefficient (Wildman–Crippen LogP) is 4.95. The lowest BCUT2D eigenvalue weighted by molar-refractivity contribution is -0.117. The number of ether oxygens (including phenoxy) is 2. The number of nitrogens with zero attached hydrogens (tertiary/aromatic N) is 1. The standard InChI is InChI=1S/C20H20ClNO4S/c1-3-25-16-10-9-13(11-17(16)26-4-2)12-18-19(23)22(20(24)27-18)15-8-6-5-7-14(15)21/h5-11,18H,3-4,12H2,1-2H3/t18-/m0/s1. The van der Waals surface area contributed by atoms with E-state index in [1.165, 1.54) is 0 Å². The number of hydrogen-bond donors (Lipinski definition) is 0. The minimum atomic E-state index is -0.499. The average Bonchev–Trinajstić information content (AvgIpc) is 2.92. The molecule has 0 bridgehead atoms. The molecule has 1 fully saturated rings. The third-order valence-corrected chi connectivity index (χ3v) is 5.40. The van der Waals surface area contributed by atoms with E-state index in [9.17, 15) is 9.59 Å². The van der Waals surface area contributed by atoms with Crippen molar-refractivity contribution in [2.45, 2.75) is 25.5 Å². The van der Waals surface area contributed by atoms with Crippen molar-refractivity contribution in [2.24, 2.45) is 0 Å². The first-order valence-corrected chi connectivity index (χ1v) is 9.98. The number of imide groups is 1. The first kappa shape index (κ1) is 19.6. The van der Waals surface area contributed by atoms with E-state index < -0.39 is 5.25 Å². The summed E-state index contributed by atoms with van der Waals surface area (Å²) in [4.78, 5) is 26.4. The summed E-state index contributed by atoms with van der Waals surface area (Å²) in [7, 11) is 0. The molecule has 2 amide bonds. The molecule has 0 N–H and O–H groups in total. The Labute approximate surface area is 167 Å². The molecule has 27 heavy (non-hydrogen) atoms. The highest BCUT2D eigenvalue weighted by atomic mass is 35.5. The Kier molecular flexibility index (Phi) is 6.29. The molecular formula is C20H20ClNO4S. The zero-order valence-electron chi connectivity index (χ0n) is 15.1. The van der Waals surface area contributed by atoms with Crippen molar-refractivity contribution in [3.8, 4) is 11.5 Å². The molecule has 0 radical (unpaired) electrons. The topological polar surface area (TPSA) is 55.8 Å². The van der Waals surface area contributed by atoms with Crippen molar-refractivity contribution in [2.75, 3.05) is 18.1 Å². The van der Waals surface area contributed by atoms with Crippen LogP contribution in [0.4, 0.5) is 10.5 Å². The molecule has 0 unspecified atom stereocenters. The van der Waals surface area contributed by atoms with Gasteiger partial charge in [0.2, 0.25) is 5.91 Å². The maximum Gasteiger partial charge on any atom is 0.293 e. The van der Waals surface area contributed by atoms with E-state index in [2.05, 4.69) is 0 Å². The van der Waals surface area contributed by atoms with Crippen molar-refractivity contribution in [3.05, 3.63) is 53.1 Å². The van der Waals surface area contributed by atoms with E-state index in [0.717, 1.165) is 22.2 Å². The van der Waals surface area contributed by atoms with Crippen LogP contribution in [0.25, 0.3) is 0 Å². The molecule has 3 rings (SSSR count). The van der Waals surface area contributed by atoms with Crippen LogP contribution in [0.3, 0.4) is 0 Å². The number of hydrogen-bond acceptors (Lipinski definition) is 5. The lowest BCUT2D eigenvalue weighted by atomic mass is 10.1. The van der Waals surface area contributed by atoms with Gasteiger partial charge in [0.25, 0.3) is 5.24 Å². The summed E-state index contributed by atoms with van der Waals surface area (Å²) in [5, 5.41) is -0.435. The summed E-state index contributed by atoms with van der Waals surface area (Å²) in [5.41, 5.74) is 1.33. The molecule has 1 atom stereocenters. The van der Waals surface area contributed by atoms with Gasteiger partial charge in [-0.05, 0) is 50.1 Å². The minimum Gasteiger partial charge on any atom is -0.490 e. The van der Waals surface area contributed by atoms with Gasteiger partial charge in [0, 0.05) is 0 Å². The normalized spacial score (nSPS) is 16.7. The van der Waals surface area contributed by atoms with Gasteiger partial charge in [-0.15, -0.1) is 0 Å². The number of carbonyl (C=O) groups is 2. The smallest absolute Gasteiger partial charge is 0.293 e. The first-order valence-electron chi connectivity index (χ1n) is 8.72. The number of carbonyl (C=O) groups excluding carboxylic acids is 2. The molecule has 1 aliphatic rings. The molecular weight excluding hydrogens is 386 g/mol. The number of anilines is 1. The average molecular weight is 406 g/mol. The first-order chi connectivity index (χ1) is 13.0. The Balaban J connectivity index is 1.80. The van der Waals surface area contributed by atoms with Crippen LogP contribution in [0.5, 0.6) is 11.5 Å². The molecule has 1 aliphatic heterocycles. The number of para-hydroxylation sites is 1. The highest BCUT2D eigenvalue weighted by molar-refractivity contribution is 8.15. The fourth-order valence-electron chi connectivity index (χ4n) is 2.87. The van der Waals surface area contributed by atoms with Crippen LogP contribution in [-0.4, -0.2) is 29.6 Å². The van der Waals surface area contributed by atoms with Crippen LogP contribution in [0, 0.1) is 0 Å². The lowest BCUT2D eigenvalue weighted by Gasteiger charge is -2.16. The van der Waals surface area contributed by atoms with Gasteiger partial charge >= 0.3 is 0 Å². The van der Waals surface area contributed by atoms with E-state index in [1.807, 2.05) is 32.0 Å². The Hall–Kier alpha value is -2.18. The number of rotatable bonds is 7. The third-order valence-electron chi connectivity index (χ3n) is 4.04. The fraction of sp³-hybridized carbons (Fsp3) is 0.300. The van der Waals surface area contributed by atoms with Crippen molar-refractivity contribution in [1.29, 1.82) is 0 Å². The van der Waals surface area contributed by atoms with Crippen molar-refractivity contribution >= 4 is 40.2 Å². The summed E-state index contributed by atoms with van der Waals surface area (Å²) >= 11 is 7.18. The predicted molar refractivity (Wildman–Crippen MR) is 108 cm³/mol. The number of halogens is 1. The number of benzene rings is 2. The van der Waals surface area contributed by atoms with Gasteiger partial charge in [0.15, 0.2) is 11.5 Å². The molecule has 1 saturated heterocycles. The summed E-state index contributed by atoms with van der Waals surface area (Å²) in [6.07, 6.45) is 0.419. The molecule has 1 heterocycles. The maximum absolute atomic E-state index is 12.8. The molecule has 0 aliphatic carbocycles. The zero-order chi connectivity index (χ0) is 19.4. The van der Waals surface area contributed by atoms with Gasteiger partial charge in [-0.2, -0.15) is 0 Å². The van der Waals surface area contributed by atoms with Crippen molar-refractivity contribution in [3.63, 3.8) is 0 Å². The SMILES string of the molecule is CCOc1ccc(C[C@@H]2SC(=O)N(c3ccccc3Cl)C2=O)cc1OCC. The van der Waals surface area contributed by atoms with Gasteiger partial charge < -0.3 is 9.47 Å². The van der Waals surface area contributed by atoms with Crippen LogP contribution in [0.1, 0.15) is 19.4 Å². The molecule has 0 aromatic heterocycles. The molecule has 7 heteroatoms. The molecule has 142 valence electrons. The maximum atomic E-state index is 12.8. The van der Waals surface area contributed by atoms with Crippen molar-refractivity contribution in [1.82, 2.24) is 0 Å². The van der Waals surface area contributed by atoms with Crippen LogP contribution < -0.4 is 14.4 Å². The lowest BCUT2D eigenvalue weighted by Crippen LogP contribution is -2.32. The summed E-state index contributed by atoms with van der Waals surface area (Å²) in [5.74, 6) is 1.05. The van der Waals surface area contributed by atoms with Gasteiger partial charge in [-0.1, -0.05) is 41.6 Å². The molecule has 5 nitrogen and oxygen atoms in total. The van der Waals surface area contributed by atoms with E-state index in [-0.39, 0.29) is 11.1 Å². The van der Waals surface area contributed by atoms with Crippen LogP contribution in [-0.2, 0) is 11.2 Å². The number of thioether (sulfide) groups is 1. The second kappa shape index (κ2) is 8.67. The van der Waals surface area contributed by atoms with Gasteiger partial charge in [-0.3, -0.25) is 9.59 Å². The van der Waals surface area contributed by atoms with Gasteiger partial charge in [-0.25, -0.2) is 4.90 Å². The summed E-state index contributed by atoms with van der Waals surface area (Å²) in [6.45, 7) is 4.86. The Bertz CT molecular complexity index is 858. The monoisotopic (exact) mass is 405 g/mol. The van der Waals surface area contributed by atoms with Crippen LogP contribution in [0.2, 0.25) is 5.02 Å². The molecule has 2 aromatic rings. The van der Waals surface area contributed by atoms with E-state index in [0.29, 0.717) is 41.8 Å². The number of amides is 2. The van der Waals surface area contributed by atoms with Crippen molar-refractivity contribution < 1.29 is 19.1 Å². The summed E-state index contributed by atoms with van der Waals surface area (Å²) < 4.78 is 11.2. The highest BCUT2D eigenvalue weighted by Gasteiger charge is 2.41. The third kappa shape index (κ3) is 4.22.